The molecule has 20 heavy (non-hydrogen) atoms. The number of carbonyl (C=O) groups excluding carboxylic acids is 2. The number of urea groups is 1. The average molecular weight is 293 g/mol. The second kappa shape index (κ2) is 6.33. The van der Waals surface area contributed by atoms with Crippen molar-refractivity contribution in [3.05, 3.63) is 29.8 Å². The Hall–Kier alpha value is -2.15. The van der Waals surface area contributed by atoms with Gasteiger partial charge in [0, 0.05) is 12.1 Å². The molecule has 0 unspecified atom stereocenters. The number of rotatable bonds is 6. The molecule has 0 aromatic heterocycles. The van der Waals surface area contributed by atoms with Gasteiger partial charge < -0.3 is 15.8 Å². The molecule has 1 aromatic carbocycles. The van der Waals surface area contributed by atoms with Crippen LogP contribution in [0, 0.1) is 0 Å². The molecular formula is C13H15N3O3S. The third-order valence-electron chi connectivity index (χ3n) is 2.85. The van der Waals surface area contributed by atoms with Crippen LogP contribution in [0.5, 0.6) is 5.75 Å². The van der Waals surface area contributed by atoms with Gasteiger partial charge in [-0.2, -0.15) is 0 Å². The van der Waals surface area contributed by atoms with Crippen LogP contribution in [0.1, 0.15) is 12.0 Å². The van der Waals surface area contributed by atoms with Gasteiger partial charge in [-0.1, -0.05) is 24.4 Å². The van der Waals surface area contributed by atoms with Gasteiger partial charge in [0.2, 0.25) is 5.91 Å². The molecule has 0 spiro atoms. The van der Waals surface area contributed by atoms with Crippen molar-refractivity contribution in [1.29, 1.82) is 0 Å². The summed E-state index contributed by atoms with van der Waals surface area (Å²) in [5.41, 5.74) is 6.28. The molecule has 0 radical (unpaired) electrons. The second-order valence-corrected chi connectivity index (χ2v) is 4.74. The van der Waals surface area contributed by atoms with Crippen molar-refractivity contribution in [3.63, 3.8) is 0 Å². The molecule has 1 saturated heterocycles. The molecule has 1 heterocycles. The minimum Gasteiger partial charge on any atom is -0.494 e. The van der Waals surface area contributed by atoms with E-state index in [1.54, 1.807) is 18.2 Å². The van der Waals surface area contributed by atoms with Crippen molar-refractivity contribution in [3.8, 4) is 5.75 Å². The third kappa shape index (κ3) is 3.45. The molecule has 3 N–H and O–H groups in total. The Morgan fingerprint density at radius 2 is 2.25 bits per heavy atom. The Morgan fingerprint density at radius 3 is 2.90 bits per heavy atom. The van der Waals surface area contributed by atoms with Crippen LogP contribution in [0.2, 0.25) is 0 Å². The Labute approximate surface area is 121 Å². The molecule has 1 fully saturated rings. The fourth-order valence-corrected chi connectivity index (χ4v) is 1.96. The summed E-state index contributed by atoms with van der Waals surface area (Å²) in [6.45, 7) is 0.827. The molecule has 2 rings (SSSR count). The zero-order valence-corrected chi connectivity index (χ0v) is 11.6. The van der Waals surface area contributed by atoms with E-state index in [2.05, 4.69) is 5.32 Å². The molecule has 7 heteroatoms. The number of carbonyl (C=O) groups is 2. The molecule has 1 aliphatic rings. The number of benzene rings is 1. The lowest BCUT2D eigenvalue weighted by atomic mass is 10.2. The van der Waals surface area contributed by atoms with Gasteiger partial charge in [0.25, 0.3) is 0 Å². The van der Waals surface area contributed by atoms with E-state index in [9.17, 15) is 9.59 Å². The molecule has 3 amide bonds. The molecule has 6 nitrogen and oxygen atoms in total. The number of hydrogen-bond acceptors (Lipinski definition) is 4. The van der Waals surface area contributed by atoms with E-state index in [1.165, 1.54) is 4.90 Å². The summed E-state index contributed by atoms with van der Waals surface area (Å²) in [6.07, 6.45) is 0.566. The van der Waals surface area contributed by atoms with E-state index in [0.717, 1.165) is 5.56 Å². The van der Waals surface area contributed by atoms with Gasteiger partial charge >= 0.3 is 6.03 Å². The van der Waals surface area contributed by atoms with E-state index in [-0.39, 0.29) is 18.5 Å². The molecule has 0 bridgehead atoms. The first kappa shape index (κ1) is 14.3. The van der Waals surface area contributed by atoms with Crippen LogP contribution in [-0.4, -0.2) is 41.5 Å². The molecule has 0 aliphatic carbocycles. The average Bonchev–Trinajstić information content (AvgIpc) is 2.75. The molecule has 0 atom stereocenters. The van der Waals surface area contributed by atoms with Gasteiger partial charge in [0.05, 0.1) is 13.2 Å². The summed E-state index contributed by atoms with van der Waals surface area (Å²) in [6, 6.07) is 6.83. The quantitative estimate of drug-likeness (QED) is 0.457. The maximum absolute atomic E-state index is 11.3. The zero-order chi connectivity index (χ0) is 14.5. The highest BCUT2D eigenvalue weighted by Gasteiger charge is 2.27. The minimum absolute atomic E-state index is 0.0790. The largest absolute Gasteiger partial charge is 0.494 e. The van der Waals surface area contributed by atoms with Gasteiger partial charge in [-0.3, -0.25) is 9.69 Å². The van der Waals surface area contributed by atoms with Crippen LogP contribution in [0.25, 0.3) is 0 Å². The van der Waals surface area contributed by atoms with E-state index in [4.69, 9.17) is 22.7 Å². The number of nitrogens with one attached hydrogen (secondary N) is 1. The van der Waals surface area contributed by atoms with E-state index >= 15 is 0 Å². The summed E-state index contributed by atoms with van der Waals surface area (Å²) < 4.78 is 5.54. The first-order chi connectivity index (χ1) is 9.58. The Kier molecular flexibility index (Phi) is 4.52. The van der Waals surface area contributed by atoms with E-state index in [1.807, 2.05) is 6.07 Å². The molecule has 1 aromatic rings. The fraction of sp³-hybridized carbons (Fsp3) is 0.308. The van der Waals surface area contributed by atoms with Crippen LogP contribution in [0.4, 0.5) is 4.79 Å². The lowest BCUT2D eigenvalue weighted by Gasteiger charge is -2.12. The number of thiocarbonyl (C=S) groups is 1. The van der Waals surface area contributed by atoms with Gasteiger partial charge in [-0.15, -0.1) is 0 Å². The number of imide groups is 1. The number of amides is 3. The second-order valence-electron chi connectivity index (χ2n) is 4.30. The highest BCUT2D eigenvalue weighted by molar-refractivity contribution is 7.80. The van der Waals surface area contributed by atoms with Gasteiger partial charge in [-0.05, 0) is 18.6 Å². The SMILES string of the molecule is NC(=S)c1cccc(OCCCN2C(=O)CNC2=O)c1. The van der Waals surface area contributed by atoms with Gasteiger partial charge in [-0.25, -0.2) is 4.79 Å². The predicted octanol–water partition coefficient (Wildman–Crippen LogP) is 0.641. The first-order valence-electron chi connectivity index (χ1n) is 6.19. The number of hydrogen-bond donors (Lipinski definition) is 2. The van der Waals surface area contributed by atoms with Crippen LogP contribution >= 0.6 is 12.2 Å². The molecule has 1 aliphatic heterocycles. The highest BCUT2D eigenvalue weighted by Crippen LogP contribution is 2.13. The van der Waals surface area contributed by atoms with Crippen LogP contribution < -0.4 is 15.8 Å². The van der Waals surface area contributed by atoms with E-state index < -0.39 is 0 Å². The number of nitrogens with zero attached hydrogens (tertiary/aromatic N) is 1. The predicted molar refractivity (Wildman–Crippen MR) is 77.6 cm³/mol. The van der Waals surface area contributed by atoms with Crippen LogP contribution in [-0.2, 0) is 4.79 Å². The monoisotopic (exact) mass is 293 g/mol. The van der Waals surface area contributed by atoms with Crippen molar-refractivity contribution in [2.24, 2.45) is 5.73 Å². The van der Waals surface area contributed by atoms with Crippen molar-refractivity contribution < 1.29 is 14.3 Å². The van der Waals surface area contributed by atoms with Gasteiger partial charge in [0.15, 0.2) is 0 Å². The Balaban J connectivity index is 1.78. The minimum atomic E-state index is -0.342. The zero-order valence-electron chi connectivity index (χ0n) is 10.8. The summed E-state index contributed by atoms with van der Waals surface area (Å²) >= 11 is 4.89. The Morgan fingerprint density at radius 1 is 1.45 bits per heavy atom. The van der Waals surface area contributed by atoms with E-state index in [0.29, 0.717) is 30.3 Å². The lowest BCUT2D eigenvalue weighted by molar-refractivity contribution is -0.125. The number of ether oxygens (including phenoxy) is 1. The highest BCUT2D eigenvalue weighted by atomic mass is 32.1. The lowest BCUT2D eigenvalue weighted by Crippen LogP contribution is -2.32. The first-order valence-corrected chi connectivity index (χ1v) is 6.59. The van der Waals surface area contributed by atoms with Gasteiger partial charge in [0.1, 0.15) is 10.7 Å². The maximum atomic E-state index is 11.3. The van der Waals surface area contributed by atoms with Crippen molar-refractivity contribution in [2.75, 3.05) is 19.7 Å². The summed E-state index contributed by atoms with van der Waals surface area (Å²) in [4.78, 5) is 24.1. The standard InChI is InChI=1S/C13H15N3O3S/c14-12(20)9-3-1-4-10(7-9)19-6-2-5-16-11(17)8-15-13(16)18/h1,3-4,7H,2,5-6,8H2,(H2,14,20)(H,15,18). The normalized spacial score (nSPS) is 14.3. The maximum Gasteiger partial charge on any atom is 0.324 e. The summed E-state index contributed by atoms with van der Waals surface area (Å²) in [5, 5.41) is 2.47. The molecule has 0 saturated carbocycles. The van der Waals surface area contributed by atoms with Crippen LogP contribution in [0.15, 0.2) is 24.3 Å². The van der Waals surface area contributed by atoms with Crippen molar-refractivity contribution in [2.45, 2.75) is 6.42 Å². The summed E-state index contributed by atoms with van der Waals surface area (Å²) in [5.74, 6) is 0.456. The Bertz CT molecular complexity index is 531. The molecule has 106 valence electrons. The van der Waals surface area contributed by atoms with Crippen LogP contribution in [0.3, 0.4) is 0 Å². The molecular weight excluding hydrogens is 278 g/mol. The summed E-state index contributed by atoms with van der Waals surface area (Å²) in [7, 11) is 0. The topological polar surface area (TPSA) is 84.7 Å². The third-order valence-corrected chi connectivity index (χ3v) is 3.09. The fourth-order valence-electron chi connectivity index (χ4n) is 1.83. The number of nitrogens with two attached hydrogens (primary N) is 1. The smallest absolute Gasteiger partial charge is 0.324 e. The van der Waals surface area contributed by atoms with Crippen molar-refractivity contribution in [1.82, 2.24) is 10.2 Å². The van der Waals surface area contributed by atoms with Crippen molar-refractivity contribution >= 4 is 29.1 Å².